The first kappa shape index (κ1) is 18.1. The topological polar surface area (TPSA) is 86.8 Å². The van der Waals surface area contributed by atoms with Crippen LogP contribution in [-0.2, 0) is 4.79 Å². The van der Waals surface area contributed by atoms with Crippen molar-refractivity contribution < 1.29 is 19.2 Å². The van der Waals surface area contributed by atoms with Gasteiger partial charge in [0.25, 0.3) is 17.7 Å². The summed E-state index contributed by atoms with van der Waals surface area (Å²) in [4.78, 5) is 52.3. The van der Waals surface area contributed by atoms with Crippen molar-refractivity contribution in [3.05, 3.63) is 35.4 Å². The third kappa shape index (κ3) is 2.77. The molecule has 0 aromatic heterocycles. The van der Waals surface area contributed by atoms with Crippen LogP contribution in [0.25, 0.3) is 0 Å². The summed E-state index contributed by atoms with van der Waals surface area (Å²) < 4.78 is 0. The Labute approximate surface area is 152 Å². The average molecular weight is 357 g/mol. The normalized spacial score (nSPS) is 18.5. The number of nitrogens with one attached hydrogen (secondary N) is 1. The van der Waals surface area contributed by atoms with Crippen molar-refractivity contribution in [3.63, 3.8) is 0 Å². The van der Waals surface area contributed by atoms with Crippen molar-refractivity contribution >= 4 is 23.8 Å². The summed E-state index contributed by atoms with van der Waals surface area (Å²) in [6.45, 7) is 3.95. The molecule has 1 aromatic carbocycles. The Morgan fingerprint density at radius 2 is 1.35 bits per heavy atom. The zero-order valence-corrected chi connectivity index (χ0v) is 15.1. The minimum atomic E-state index is -0.859. The molecule has 1 N–H and O–H groups in total. The first-order valence-electron chi connectivity index (χ1n) is 9.04. The van der Waals surface area contributed by atoms with E-state index < -0.39 is 11.6 Å². The summed E-state index contributed by atoms with van der Waals surface area (Å²) in [6, 6.07) is 6.17. The summed E-state index contributed by atoms with van der Waals surface area (Å²) >= 11 is 0. The Morgan fingerprint density at radius 3 is 1.85 bits per heavy atom. The van der Waals surface area contributed by atoms with Crippen molar-refractivity contribution in [2.45, 2.75) is 45.1 Å². The molecule has 1 saturated heterocycles. The van der Waals surface area contributed by atoms with Crippen molar-refractivity contribution in [2.75, 3.05) is 13.1 Å². The Bertz CT molecular complexity index is 733. The lowest BCUT2D eigenvalue weighted by Crippen LogP contribution is -2.47. The van der Waals surface area contributed by atoms with Gasteiger partial charge in [-0.3, -0.25) is 24.2 Å². The van der Waals surface area contributed by atoms with E-state index in [4.69, 9.17) is 0 Å². The molecule has 1 fully saturated rings. The molecule has 3 rings (SSSR count). The van der Waals surface area contributed by atoms with Crippen LogP contribution in [0.4, 0.5) is 4.79 Å². The number of fused-ring (bicyclic) bond motifs is 1. The fraction of sp³-hybridized carbons (Fsp3) is 0.474. The predicted octanol–water partition coefficient (Wildman–Crippen LogP) is 2.17. The molecule has 0 atom stereocenters. The second kappa shape index (κ2) is 6.90. The molecule has 26 heavy (non-hydrogen) atoms. The minimum absolute atomic E-state index is 0.000162. The zero-order chi connectivity index (χ0) is 18.9. The summed E-state index contributed by atoms with van der Waals surface area (Å²) in [5, 5.41) is 2.83. The van der Waals surface area contributed by atoms with Crippen LogP contribution in [0.3, 0.4) is 0 Å². The Balaban J connectivity index is 1.72. The van der Waals surface area contributed by atoms with E-state index in [2.05, 4.69) is 5.32 Å². The van der Waals surface area contributed by atoms with E-state index in [1.807, 2.05) is 13.8 Å². The van der Waals surface area contributed by atoms with Crippen LogP contribution in [0.2, 0.25) is 0 Å². The maximum atomic E-state index is 12.9. The molecule has 1 aromatic rings. The molecule has 7 heteroatoms. The minimum Gasteiger partial charge on any atom is -0.323 e. The van der Waals surface area contributed by atoms with Gasteiger partial charge in [-0.2, -0.15) is 0 Å². The van der Waals surface area contributed by atoms with Gasteiger partial charge >= 0.3 is 6.03 Å². The predicted molar refractivity (Wildman–Crippen MR) is 94.6 cm³/mol. The second-order valence-electron chi connectivity index (χ2n) is 6.78. The van der Waals surface area contributed by atoms with E-state index in [0.29, 0.717) is 24.0 Å². The SMILES string of the molecule is CCCC1(CCC)NC(=O)N(CCN2C(=O)c3ccccc3C2=O)C1=O. The Kier molecular flexibility index (Phi) is 4.80. The molecular formula is C19H23N3O4. The van der Waals surface area contributed by atoms with Gasteiger partial charge in [0, 0.05) is 13.1 Å². The van der Waals surface area contributed by atoms with Crippen molar-refractivity contribution in [1.82, 2.24) is 15.1 Å². The number of hydrogen-bond acceptors (Lipinski definition) is 4. The van der Waals surface area contributed by atoms with Gasteiger partial charge in [-0.1, -0.05) is 38.8 Å². The highest BCUT2D eigenvalue weighted by atomic mass is 16.2. The van der Waals surface area contributed by atoms with E-state index in [0.717, 1.165) is 22.6 Å². The number of benzene rings is 1. The molecule has 2 aliphatic heterocycles. The van der Waals surface area contributed by atoms with Gasteiger partial charge in [0.05, 0.1) is 11.1 Å². The standard InChI is InChI=1S/C19H23N3O4/c1-3-9-19(10-4-2)17(25)22(18(26)20-19)12-11-21-15(23)13-7-5-6-8-14(13)16(21)24/h5-8H,3-4,9-12H2,1-2H3,(H,20,26). The van der Waals surface area contributed by atoms with E-state index >= 15 is 0 Å². The lowest BCUT2D eigenvalue weighted by Gasteiger charge is -2.26. The van der Waals surface area contributed by atoms with Crippen LogP contribution in [0.1, 0.15) is 60.2 Å². The highest BCUT2D eigenvalue weighted by molar-refractivity contribution is 6.21. The molecule has 0 bridgehead atoms. The highest BCUT2D eigenvalue weighted by Gasteiger charge is 2.50. The van der Waals surface area contributed by atoms with Crippen molar-refractivity contribution in [2.24, 2.45) is 0 Å². The smallest absolute Gasteiger partial charge is 0.323 e. The number of carbonyl (C=O) groups is 4. The van der Waals surface area contributed by atoms with Gasteiger partial charge in [-0.25, -0.2) is 4.79 Å². The van der Waals surface area contributed by atoms with Crippen LogP contribution >= 0.6 is 0 Å². The number of rotatable bonds is 7. The fourth-order valence-electron chi connectivity index (χ4n) is 3.84. The van der Waals surface area contributed by atoms with Crippen LogP contribution in [0.15, 0.2) is 24.3 Å². The van der Waals surface area contributed by atoms with Crippen LogP contribution in [0, 0.1) is 0 Å². The van der Waals surface area contributed by atoms with E-state index in [1.165, 1.54) is 0 Å². The van der Waals surface area contributed by atoms with Gasteiger partial charge in [0.2, 0.25) is 0 Å². The second-order valence-corrected chi connectivity index (χ2v) is 6.78. The molecule has 0 unspecified atom stereocenters. The highest BCUT2D eigenvalue weighted by Crippen LogP contribution is 2.28. The van der Waals surface area contributed by atoms with Gasteiger partial charge in [-0.15, -0.1) is 0 Å². The number of hydrogen-bond donors (Lipinski definition) is 1. The molecule has 2 heterocycles. The molecule has 0 spiro atoms. The van der Waals surface area contributed by atoms with E-state index in [9.17, 15) is 19.2 Å². The molecule has 5 amide bonds. The van der Waals surface area contributed by atoms with Crippen LogP contribution in [0.5, 0.6) is 0 Å². The number of urea groups is 1. The van der Waals surface area contributed by atoms with Crippen molar-refractivity contribution in [3.8, 4) is 0 Å². The van der Waals surface area contributed by atoms with Crippen molar-refractivity contribution in [1.29, 1.82) is 0 Å². The summed E-state index contributed by atoms with van der Waals surface area (Å²) in [7, 11) is 0. The Hall–Kier alpha value is -2.70. The number of amides is 5. The van der Waals surface area contributed by atoms with E-state index in [1.54, 1.807) is 24.3 Å². The lowest BCUT2D eigenvalue weighted by atomic mass is 9.88. The van der Waals surface area contributed by atoms with Gasteiger partial charge in [0.15, 0.2) is 0 Å². The Morgan fingerprint density at radius 1 is 0.846 bits per heavy atom. The average Bonchev–Trinajstić information content (AvgIpc) is 3.00. The lowest BCUT2D eigenvalue weighted by molar-refractivity contribution is -0.132. The third-order valence-corrected chi connectivity index (χ3v) is 5.02. The largest absolute Gasteiger partial charge is 0.325 e. The van der Waals surface area contributed by atoms with Gasteiger partial charge < -0.3 is 5.32 Å². The summed E-state index contributed by atoms with van der Waals surface area (Å²) in [5.74, 6) is -1.03. The summed E-state index contributed by atoms with van der Waals surface area (Å²) in [5.41, 5.74) is -0.134. The molecule has 0 radical (unpaired) electrons. The molecular weight excluding hydrogens is 334 g/mol. The quantitative estimate of drug-likeness (QED) is 0.598. The molecule has 138 valence electrons. The maximum Gasteiger partial charge on any atom is 0.325 e. The third-order valence-electron chi connectivity index (χ3n) is 5.02. The van der Waals surface area contributed by atoms with E-state index in [-0.39, 0.29) is 30.8 Å². The fourth-order valence-corrected chi connectivity index (χ4v) is 3.84. The summed E-state index contributed by atoms with van der Waals surface area (Å²) in [6.07, 6.45) is 2.71. The van der Waals surface area contributed by atoms with Crippen LogP contribution in [-0.4, -0.2) is 52.2 Å². The monoisotopic (exact) mass is 357 g/mol. The number of carbonyl (C=O) groups excluding carboxylic acids is 4. The maximum absolute atomic E-state index is 12.9. The number of imide groups is 2. The number of nitrogens with zero attached hydrogens (tertiary/aromatic N) is 2. The molecule has 0 aliphatic carbocycles. The first-order chi connectivity index (χ1) is 12.4. The first-order valence-corrected chi connectivity index (χ1v) is 9.04. The molecule has 2 aliphatic rings. The molecule has 0 saturated carbocycles. The molecule has 7 nitrogen and oxygen atoms in total. The van der Waals surface area contributed by atoms with Gasteiger partial charge in [0.1, 0.15) is 5.54 Å². The van der Waals surface area contributed by atoms with Gasteiger partial charge in [-0.05, 0) is 25.0 Å². The zero-order valence-electron chi connectivity index (χ0n) is 15.1. The van der Waals surface area contributed by atoms with Crippen LogP contribution < -0.4 is 5.32 Å².